The molecule has 0 saturated carbocycles. The Morgan fingerprint density at radius 1 is 1.14 bits per heavy atom. The minimum Gasteiger partial charge on any atom is -0.454 e. The summed E-state index contributed by atoms with van der Waals surface area (Å²) in [6.07, 6.45) is -3.11. The van der Waals surface area contributed by atoms with Gasteiger partial charge >= 0.3 is 12.2 Å². The molecule has 2 aliphatic heterocycles. The van der Waals surface area contributed by atoms with Gasteiger partial charge in [0.1, 0.15) is 6.10 Å². The van der Waals surface area contributed by atoms with Crippen molar-refractivity contribution in [2.75, 3.05) is 34.0 Å². The van der Waals surface area contributed by atoms with Gasteiger partial charge in [-0.15, -0.1) is 0 Å². The van der Waals surface area contributed by atoms with Gasteiger partial charge in [0, 0.05) is 32.6 Å². The molecule has 1 saturated heterocycles. The van der Waals surface area contributed by atoms with Gasteiger partial charge in [0.15, 0.2) is 17.3 Å². The second-order valence-electron chi connectivity index (χ2n) is 7.00. The highest BCUT2D eigenvalue weighted by Crippen LogP contribution is 2.33. The number of fused-ring (bicyclic) bond motifs is 1. The largest absolute Gasteiger partial charge is 0.511 e. The van der Waals surface area contributed by atoms with Crippen LogP contribution < -0.4 is 9.47 Å². The van der Waals surface area contributed by atoms with Gasteiger partial charge in [0.05, 0.1) is 6.04 Å². The summed E-state index contributed by atoms with van der Waals surface area (Å²) >= 11 is 0. The number of amides is 1. The zero-order chi connectivity index (χ0) is 21.1. The van der Waals surface area contributed by atoms with Crippen molar-refractivity contribution in [3.05, 3.63) is 23.8 Å². The second-order valence-corrected chi connectivity index (χ2v) is 7.00. The van der Waals surface area contributed by atoms with Gasteiger partial charge in [0.25, 0.3) is 0 Å². The van der Waals surface area contributed by atoms with Crippen LogP contribution in [-0.2, 0) is 14.2 Å². The van der Waals surface area contributed by atoms with Crippen LogP contribution in [-0.4, -0.2) is 80.2 Å². The Bertz CT molecular complexity index is 792. The van der Waals surface area contributed by atoms with E-state index in [-0.39, 0.29) is 18.7 Å². The Labute approximate surface area is 168 Å². The number of likely N-dealkylation sites (tertiary alicyclic amines) is 1. The minimum atomic E-state index is -1.16. The van der Waals surface area contributed by atoms with Crippen molar-refractivity contribution < 1.29 is 38.1 Å². The summed E-state index contributed by atoms with van der Waals surface area (Å²) in [5, 5.41) is 0. The molecule has 1 aromatic carbocycles. The molecule has 29 heavy (non-hydrogen) atoms. The first-order chi connectivity index (χ1) is 13.7. The van der Waals surface area contributed by atoms with E-state index in [1.54, 1.807) is 25.1 Å². The van der Waals surface area contributed by atoms with E-state index in [0.717, 1.165) is 4.90 Å². The summed E-state index contributed by atoms with van der Waals surface area (Å²) < 4.78 is 25.6. The highest BCUT2D eigenvalue weighted by Gasteiger charge is 2.30. The molecule has 0 aromatic heterocycles. The molecule has 0 bridgehead atoms. The van der Waals surface area contributed by atoms with Gasteiger partial charge < -0.3 is 28.6 Å². The van der Waals surface area contributed by atoms with E-state index in [0.29, 0.717) is 30.2 Å². The Morgan fingerprint density at radius 3 is 2.52 bits per heavy atom. The Balaban J connectivity index is 1.49. The number of hydrogen-bond donors (Lipinski definition) is 0. The predicted octanol–water partition coefficient (Wildman–Crippen LogP) is 1.87. The van der Waals surface area contributed by atoms with E-state index in [1.807, 2.05) is 11.9 Å². The second kappa shape index (κ2) is 8.56. The van der Waals surface area contributed by atoms with Crippen molar-refractivity contribution in [1.29, 1.82) is 0 Å². The SMILES string of the molecule is CC(OC(=O)OC1CN(C)C1)OC(=O)N(C)C(C)C(=O)c1ccc2c(c1)OCO2. The molecule has 10 heteroatoms. The van der Waals surface area contributed by atoms with Crippen LogP contribution in [0.25, 0.3) is 0 Å². The number of likely N-dealkylation sites (N-methyl/N-ethyl adjacent to an activating group) is 2. The summed E-state index contributed by atoms with van der Waals surface area (Å²) in [7, 11) is 3.32. The Kier molecular flexibility index (Phi) is 6.12. The number of hydrogen-bond acceptors (Lipinski definition) is 9. The number of carbonyl (C=O) groups is 3. The third-order valence-corrected chi connectivity index (χ3v) is 4.73. The van der Waals surface area contributed by atoms with Gasteiger partial charge in [-0.2, -0.15) is 0 Å². The molecule has 1 aromatic rings. The zero-order valence-electron chi connectivity index (χ0n) is 16.7. The van der Waals surface area contributed by atoms with Crippen LogP contribution in [0.1, 0.15) is 24.2 Å². The molecule has 2 aliphatic rings. The van der Waals surface area contributed by atoms with E-state index >= 15 is 0 Å². The third-order valence-electron chi connectivity index (χ3n) is 4.73. The highest BCUT2D eigenvalue weighted by molar-refractivity contribution is 6.01. The normalized spacial score (nSPS) is 17.7. The number of carbonyl (C=O) groups excluding carboxylic acids is 3. The predicted molar refractivity (Wildman–Crippen MR) is 98.9 cm³/mol. The highest BCUT2D eigenvalue weighted by atomic mass is 16.8. The van der Waals surface area contributed by atoms with Crippen molar-refractivity contribution >= 4 is 18.0 Å². The lowest BCUT2D eigenvalue weighted by Gasteiger charge is -2.34. The fraction of sp³-hybridized carbons (Fsp3) is 0.526. The summed E-state index contributed by atoms with van der Waals surface area (Å²) in [4.78, 5) is 39.8. The summed E-state index contributed by atoms with van der Waals surface area (Å²) in [6, 6.07) is 4.00. The van der Waals surface area contributed by atoms with E-state index in [1.165, 1.54) is 14.0 Å². The summed E-state index contributed by atoms with van der Waals surface area (Å²) in [6.45, 7) is 4.33. The maximum Gasteiger partial charge on any atom is 0.511 e. The van der Waals surface area contributed by atoms with E-state index < -0.39 is 24.6 Å². The molecule has 10 nitrogen and oxygen atoms in total. The molecule has 3 rings (SSSR count). The topological polar surface area (TPSA) is 104 Å². The van der Waals surface area contributed by atoms with Crippen LogP contribution >= 0.6 is 0 Å². The molecule has 0 aliphatic carbocycles. The first kappa shape index (κ1) is 20.7. The van der Waals surface area contributed by atoms with Crippen LogP contribution in [0.15, 0.2) is 18.2 Å². The number of Topliss-reactive ketones (excluding diaryl/α,β-unsaturated/α-hetero) is 1. The molecule has 0 N–H and O–H groups in total. The monoisotopic (exact) mass is 408 g/mol. The van der Waals surface area contributed by atoms with Crippen molar-refractivity contribution in [3.63, 3.8) is 0 Å². The Morgan fingerprint density at radius 2 is 1.83 bits per heavy atom. The summed E-state index contributed by atoms with van der Waals surface area (Å²) in [5.41, 5.74) is 0.375. The quantitative estimate of drug-likeness (QED) is 0.396. The Hall–Kier alpha value is -3.01. The molecule has 158 valence electrons. The van der Waals surface area contributed by atoms with Gasteiger partial charge in [0.2, 0.25) is 13.1 Å². The lowest BCUT2D eigenvalue weighted by atomic mass is 10.0. The number of rotatable bonds is 6. The lowest BCUT2D eigenvalue weighted by molar-refractivity contribution is -0.103. The van der Waals surface area contributed by atoms with Crippen LogP contribution in [0, 0.1) is 0 Å². The standard InChI is InChI=1S/C19H24N2O8/c1-11(17(22)13-5-6-15-16(7-13)26-10-25-15)21(4)18(23)27-12(2)28-19(24)29-14-8-20(3)9-14/h5-7,11-12,14H,8-10H2,1-4H3. The fourth-order valence-corrected chi connectivity index (χ4v) is 2.89. The zero-order valence-corrected chi connectivity index (χ0v) is 16.7. The first-order valence-corrected chi connectivity index (χ1v) is 9.17. The van der Waals surface area contributed by atoms with Crippen LogP contribution in [0.5, 0.6) is 11.5 Å². The van der Waals surface area contributed by atoms with Gasteiger partial charge in [-0.25, -0.2) is 9.59 Å². The molecule has 2 unspecified atom stereocenters. The maximum absolute atomic E-state index is 12.7. The maximum atomic E-state index is 12.7. The first-order valence-electron chi connectivity index (χ1n) is 9.17. The smallest absolute Gasteiger partial charge is 0.454 e. The van der Waals surface area contributed by atoms with Crippen LogP contribution in [0.3, 0.4) is 0 Å². The average Bonchev–Trinajstić information content (AvgIpc) is 3.12. The molecular weight excluding hydrogens is 384 g/mol. The van der Waals surface area contributed by atoms with E-state index in [2.05, 4.69) is 0 Å². The molecule has 0 spiro atoms. The number of ether oxygens (including phenoxy) is 5. The minimum absolute atomic E-state index is 0.104. The molecular formula is C19H24N2O8. The number of benzene rings is 1. The number of ketones is 1. The molecule has 1 amide bonds. The van der Waals surface area contributed by atoms with Crippen molar-refractivity contribution in [2.45, 2.75) is 32.3 Å². The van der Waals surface area contributed by atoms with E-state index in [9.17, 15) is 14.4 Å². The van der Waals surface area contributed by atoms with Crippen LogP contribution in [0.4, 0.5) is 9.59 Å². The van der Waals surface area contributed by atoms with Gasteiger partial charge in [-0.3, -0.25) is 9.69 Å². The lowest BCUT2D eigenvalue weighted by Crippen LogP contribution is -2.50. The molecule has 1 fully saturated rings. The molecule has 2 atom stereocenters. The van der Waals surface area contributed by atoms with E-state index in [4.69, 9.17) is 23.7 Å². The molecule has 0 radical (unpaired) electrons. The van der Waals surface area contributed by atoms with Crippen LogP contribution in [0.2, 0.25) is 0 Å². The van der Waals surface area contributed by atoms with Crippen molar-refractivity contribution in [1.82, 2.24) is 9.80 Å². The average molecular weight is 408 g/mol. The summed E-state index contributed by atoms with van der Waals surface area (Å²) in [5.74, 6) is 0.740. The fourth-order valence-electron chi connectivity index (χ4n) is 2.89. The number of nitrogens with zero attached hydrogens (tertiary/aromatic N) is 2. The third kappa shape index (κ3) is 4.89. The van der Waals surface area contributed by atoms with Crippen molar-refractivity contribution in [3.8, 4) is 11.5 Å². The van der Waals surface area contributed by atoms with Gasteiger partial charge in [-0.05, 0) is 32.2 Å². The van der Waals surface area contributed by atoms with Crippen molar-refractivity contribution in [2.24, 2.45) is 0 Å². The van der Waals surface area contributed by atoms with Gasteiger partial charge in [-0.1, -0.05) is 0 Å². The molecule has 2 heterocycles.